The van der Waals surface area contributed by atoms with Crippen molar-refractivity contribution >= 4 is 0 Å². The lowest BCUT2D eigenvalue weighted by molar-refractivity contribution is 0.173. The monoisotopic (exact) mass is 313 g/mol. The average Bonchev–Trinajstić information content (AvgIpc) is 3.03. The molecule has 0 fully saturated rings. The second kappa shape index (κ2) is 7.02. The smallest absolute Gasteiger partial charge is 0.132 e. The lowest BCUT2D eigenvalue weighted by atomic mass is 10.0. The molecule has 0 aromatic heterocycles. The van der Waals surface area contributed by atoms with Gasteiger partial charge < -0.3 is 19.9 Å². The average molecular weight is 313 g/mol. The molecule has 0 saturated carbocycles. The van der Waals surface area contributed by atoms with Gasteiger partial charge in [-0.25, -0.2) is 0 Å². The SMILES string of the molecule is CCC(O)c1ccc(CNC)c(Oc2ccc3c(c2)CCO3)c1. The summed E-state index contributed by atoms with van der Waals surface area (Å²) in [4.78, 5) is 0. The van der Waals surface area contributed by atoms with Crippen LogP contribution in [0, 0.1) is 0 Å². The van der Waals surface area contributed by atoms with Crippen molar-refractivity contribution in [1.82, 2.24) is 5.32 Å². The Bertz CT molecular complexity index is 684. The molecule has 1 unspecified atom stereocenters. The third-order valence-corrected chi connectivity index (χ3v) is 4.12. The van der Waals surface area contributed by atoms with E-state index >= 15 is 0 Å². The van der Waals surface area contributed by atoms with Crippen LogP contribution in [0.25, 0.3) is 0 Å². The first-order valence-corrected chi connectivity index (χ1v) is 8.10. The second-order valence-corrected chi connectivity index (χ2v) is 5.79. The summed E-state index contributed by atoms with van der Waals surface area (Å²) in [6, 6.07) is 11.8. The van der Waals surface area contributed by atoms with E-state index in [1.807, 2.05) is 50.4 Å². The minimum atomic E-state index is -0.464. The van der Waals surface area contributed by atoms with Gasteiger partial charge in [0.2, 0.25) is 0 Å². The molecule has 4 heteroatoms. The van der Waals surface area contributed by atoms with Gasteiger partial charge in [0.05, 0.1) is 12.7 Å². The summed E-state index contributed by atoms with van der Waals surface area (Å²) in [5.41, 5.74) is 3.13. The molecule has 4 nitrogen and oxygen atoms in total. The first kappa shape index (κ1) is 15.8. The highest BCUT2D eigenvalue weighted by molar-refractivity contribution is 5.46. The molecule has 122 valence electrons. The molecule has 0 bridgehead atoms. The Morgan fingerprint density at radius 3 is 2.91 bits per heavy atom. The van der Waals surface area contributed by atoms with Gasteiger partial charge in [0.1, 0.15) is 17.2 Å². The molecule has 2 N–H and O–H groups in total. The van der Waals surface area contributed by atoms with Crippen LogP contribution in [0.2, 0.25) is 0 Å². The van der Waals surface area contributed by atoms with E-state index in [0.29, 0.717) is 13.0 Å². The highest BCUT2D eigenvalue weighted by Crippen LogP contribution is 2.33. The third-order valence-electron chi connectivity index (χ3n) is 4.12. The molecule has 3 rings (SSSR count). The zero-order chi connectivity index (χ0) is 16.2. The van der Waals surface area contributed by atoms with Crippen LogP contribution in [-0.2, 0) is 13.0 Å². The number of ether oxygens (including phenoxy) is 2. The zero-order valence-corrected chi connectivity index (χ0v) is 13.6. The summed E-state index contributed by atoms with van der Waals surface area (Å²) < 4.78 is 11.6. The molecule has 2 aromatic carbocycles. The predicted molar refractivity (Wildman–Crippen MR) is 90.2 cm³/mol. The van der Waals surface area contributed by atoms with Gasteiger partial charge in [0.15, 0.2) is 0 Å². The van der Waals surface area contributed by atoms with Crippen LogP contribution >= 0.6 is 0 Å². The normalized spacial score (nSPS) is 14.2. The lowest BCUT2D eigenvalue weighted by Crippen LogP contribution is -2.07. The van der Waals surface area contributed by atoms with Gasteiger partial charge in [-0.3, -0.25) is 0 Å². The fourth-order valence-corrected chi connectivity index (χ4v) is 2.80. The number of benzene rings is 2. The van der Waals surface area contributed by atoms with Crippen LogP contribution in [-0.4, -0.2) is 18.8 Å². The van der Waals surface area contributed by atoms with E-state index in [1.54, 1.807) is 0 Å². The Labute approximate surface area is 137 Å². The van der Waals surface area contributed by atoms with Crippen molar-refractivity contribution in [3.8, 4) is 17.2 Å². The quantitative estimate of drug-likeness (QED) is 0.856. The van der Waals surface area contributed by atoms with Gasteiger partial charge in [-0.1, -0.05) is 19.1 Å². The van der Waals surface area contributed by atoms with E-state index in [2.05, 4.69) is 5.32 Å². The van der Waals surface area contributed by atoms with Gasteiger partial charge in [0, 0.05) is 24.1 Å². The van der Waals surface area contributed by atoms with Crippen molar-refractivity contribution in [1.29, 1.82) is 0 Å². The van der Waals surface area contributed by atoms with Crippen LogP contribution in [0.1, 0.15) is 36.1 Å². The van der Waals surface area contributed by atoms with E-state index in [-0.39, 0.29) is 0 Å². The van der Waals surface area contributed by atoms with E-state index in [1.165, 1.54) is 5.56 Å². The molecule has 0 spiro atoms. The fourth-order valence-electron chi connectivity index (χ4n) is 2.80. The minimum Gasteiger partial charge on any atom is -0.493 e. The van der Waals surface area contributed by atoms with Crippen molar-refractivity contribution in [3.63, 3.8) is 0 Å². The van der Waals surface area contributed by atoms with Crippen LogP contribution in [0.4, 0.5) is 0 Å². The molecule has 2 aromatic rings. The fraction of sp³-hybridized carbons (Fsp3) is 0.368. The number of aliphatic hydroxyl groups excluding tert-OH is 1. The van der Waals surface area contributed by atoms with Crippen molar-refractivity contribution in [3.05, 3.63) is 53.1 Å². The minimum absolute atomic E-state index is 0.464. The van der Waals surface area contributed by atoms with E-state index in [0.717, 1.165) is 41.4 Å². The molecule has 1 atom stereocenters. The zero-order valence-electron chi connectivity index (χ0n) is 13.6. The van der Waals surface area contributed by atoms with Crippen molar-refractivity contribution in [2.45, 2.75) is 32.4 Å². The first-order chi connectivity index (χ1) is 11.2. The summed E-state index contributed by atoms with van der Waals surface area (Å²) >= 11 is 0. The first-order valence-electron chi connectivity index (χ1n) is 8.10. The lowest BCUT2D eigenvalue weighted by Gasteiger charge is -2.15. The third kappa shape index (κ3) is 3.49. The Balaban J connectivity index is 1.90. The summed E-state index contributed by atoms with van der Waals surface area (Å²) in [5, 5.41) is 13.2. The molecular weight excluding hydrogens is 290 g/mol. The Morgan fingerprint density at radius 2 is 2.13 bits per heavy atom. The van der Waals surface area contributed by atoms with Crippen LogP contribution < -0.4 is 14.8 Å². The van der Waals surface area contributed by atoms with Crippen LogP contribution in [0.5, 0.6) is 17.2 Å². The molecule has 1 aliphatic rings. The van der Waals surface area contributed by atoms with E-state index < -0.39 is 6.10 Å². The number of nitrogens with one attached hydrogen (secondary N) is 1. The largest absolute Gasteiger partial charge is 0.493 e. The number of fused-ring (bicyclic) bond motifs is 1. The number of rotatable bonds is 6. The Kier molecular flexibility index (Phi) is 4.84. The van der Waals surface area contributed by atoms with Crippen LogP contribution in [0.3, 0.4) is 0 Å². The van der Waals surface area contributed by atoms with E-state index in [4.69, 9.17) is 9.47 Å². The van der Waals surface area contributed by atoms with Gasteiger partial charge in [-0.05, 0) is 43.3 Å². The van der Waals surface area contributed by atoms with Gasteiger partial charge in [0.25, 0.3) is 0 Å². The molecule has 1 aliphatic heterocycles. The summed E-state index contributed by atoms with van der Waals surface area (Å²) in [5.74, 6) is 2.53. The number of aliphatic hydroxyl groups is 1. The van der Waals surface area contributed by atoms with Crippen LogP contribution in [0.15, 0.2) is 36.4 Å². The predicted octanol–water partition coefficient (Wildman–Crippen LogP) is 3.58. The van der Waals surface area contributed by atoms with Crippen molar-refractivity contribution in [2.75, 3.05) is 13.7 Å². The van der Waals surface area contributed by atoms with Gasteiger partial charge in [-0.2, -0.15) is 0 Å². The van der Waals surface area contributed by atoms with Gasteiger partial charge >= 0.3 is 0 Å². The summed E-state index contributed by atoms with van der Waals surface area (Å²) in [6.45, 7) is 3.42. The number of hydrogen-bond donors (Lipinski definition) is 2. The Morgan fingerprint density at radius 1 is 1.26 bits per heavy atom. The highest BCUT2D eigenvalue weighted by Gasteiger charge is 2.15. The molecule has 0 saturated heterocycles. The van der Waals surface area contributed by atoms with Crippen molar-refractivity contribution < 1.29 is 14.6 Å². The molecule has 0 aliphatic carbocycles. The second-order valence-electron chi connectivity index (χ2n) is 5.79. The number of hydrogen-bond acceptors (Lipinski definition) is 4. The summed E-state index contributed by atoms with van der Waals surface area (Å²) in [6.07, 6.45) is 1.14. The molecular formula is C19H23NO3. The maximum Gasteiger partial charge on any atom is 0.132 e. The molecule has 1 heterocycles. The standard InChI is InChI=1S/C19H23NO3/c1-3-17(21)13-4-5-15(12-20-2)19(11-13)23-16-6-7-18-14(10-16)8-9-22-18/h4-7,10-11,17,20-21H,3,8-9,12H2,1-2H3. The summed E-state index contributed by atoms with van der Waals surface area (Å²) in [7, 11) is 1.91. The molecule has 0 radical (unpaired) electrons. The van der Waals surface area contributed by atoms with Crippen molar-refractivity contribution in [2.24, 2.45) is 0 Å². The maximum absolute atomic E-state index is 10.1. The molecule has 23 heavy (non-hydrogen) atoms. The topological polar surface area (TPSA) is 50.7 Å². The van der Waals surface area contributed by atoms with E-state index in [9.17, 15) is 5.11 Å². The molecule has 0 amide bonds. The highest BCUT2D eigenvalue weighted by atomic mass is 16.5. The Hall–Kier alpha value is -2.04. The maximum atomic E-state index is 10.1. The van der Waals surface area contributed by atoms with Gasteiger partial charge in [-0.15, -0.1) is 0 Å².